The lowest BCUT2D eigenvalue weighted by Gasteiger charge is -2.35. The second-order valence-electron chi connectivity index (χ2n) is 6.68. The Hall–Kier alpha value is -2.66. The Balaban J connectivity index is 1.62. The van der Waals surface area contributed by atoms with E-state index in [1.165, 1.54) is 36.9 Å². The molecule has 0 aromatic heterocycles. The largest absolute Gasteiger partial charge is 0.338 e. The fourth-order valence-electron chi connectivity index (χ4n) is 3.03. The highest BCUT2D eigenvalue weighted by Crippen LogP contribution is 2.22. The quantitative estimate of drug-likeness (QED) is 0.390. The molecule has 0 radical (unpaired) electrons. The van der Waals surface area contributed by atoms with Crippen molar-refractivity contribution in [2.75, 3.05) is 0 Å². The van der Waals surface area contributed by atoms with Crippen LogP contribution in [0.5, 0.6) is 0 Å². The van der Waals surface area contributed by atoms with E-state index in [-0.39, 0.29) is 16.8 Å². The van der Waals surface area contributed by atoms with Crippen LogP contribution >= 0.6 is 23.4 Å². The molecule has 1 saturated heterocycles. The monoisotopic (exact) mass is 449 g/mol. The number of halogens is 1. The first-order chi connectivity index (χ1) is 14.3. The lowest BCUT2D eigenvalue weighted by Crippen LogP contribution is -2.70. The normalized spacial score (nSPS) is 21.0. The molecular formula is C19H20ClN5O4S. The van der Waals surface area contributed by atoms with Gasteiger partial charge in [0.1, 0.15) is 11.5 Å². The van der Waals surface area contributed by atoms with Crippen molar-refractivity contribution in [3.05, 3.63) is 74.3 Å². The van der Waals surface area contributed by atoms with Gasteiger partial charge < -0.3 is 16.4 Å². The zero-order valence-electron chi connectivity index (χ0n) is 15.9. The molecule has 5 N–H and O–H groups in total. The first-order valence-corrected chi connectivity index (χ1v) is 10.4. The highest BCUT2D eigenvalue weighted by molar-refractivity contribution is 7.99. The molecule has 11 heteroatoms. The molecule has 2 aromatic rings. The SMILES string of the molecule is Cc1c(C(=O)NC2C(=O)NC(SCc3cccc(Cl)c3)NC2N)cccc1[N+](=O)[O-]. The molecule has 3 unspecified atom stereocenters. The van der Waals surface area contributed by atoms with Crippen LogP contribution in [0, 0.1) is 17.0 Å². The van der Waals surface area contributed by atoms with Crippen molar-refractivity contribution >= 4 is 40.9 Å². The Morgan fingerprint density at radius 1 is 1.33 bits per heavy atom. The van der Waals surface area contributed by atoms with E-state index < -0.39 is 34.4 Å². The third kappa shape index (κ3) is 5.08. The van der Waals surface area contributed by atoms with Gasteiger partial charge in [-0.15, -0.1) is 11.8 Å². The number of hydrogen-bond donors (Lipinski definition) is 4. The second kappa shape index (κ2) is 9.43. The summed E-state index contributed by atoms with van der Waals surface area (Å²) in [5, 5.41) is 20.1. The number of amides is 2. The van der Waals surface area contributed by atoms with E-state index >= 15 is 0 Å². The highest BCUT2D eigenvalue weighted by atomic mass is 35.5. The van der Waals surface area contributed by atoms with Crippen LogP contribution in [0.2, 0.25) is 5.02 Å². The van der Waals surface area contributed by atoms with E-state index in [0.717, 1.165) is 5.56 Å². The number of nitrogens with one attached hydrogen (secondary N) is 3. The van der Waals surface area contributed by atoms with Crippen LogP contribution < -0.4 is 21.7 Å². The van der Waals surface area contributed by atoms with Crippen molar-refractivity contribution in [3.8, 4) is 0 Å². The summed E-state index contributed by atoms with van der Waals surface area (Å²) >= 11 is 7.40. The van der Waals surface area contributed by atoms with Gasteiger partial charge in [0, 0.05) is 28.0 Å². The van der Waals surface area contributed by atoms with Crippen molar-refractivity contribution in [2.45, 2.75) is 30.4 Å². The summed E-state index contributed by atoms with van der Waals surface area (Å²) in [6.45, 7) is 1.48. The minimum absolute atomic E-state index is 0.113. The Kier molecular flexibility index (Phi) is 6.93. The van der Waals surface area contributed by atoms with Crippen LogP contribution in [-0.2, 0) is 10.5 Å². The standard InChI is InChI=1S/C19H20ClN5O4S/c1-10-13(6-3-7-14(10)25(28)29)17(26)22-15-16(21)23-19(24-18(15)27)30-9-11-4-2-5-12(20)8-11/h2-8,15-16,19,23H,9,21H2,1H3,(H,22,26)(H,24,27). The number of nitro groups is 1. The zero-order valence-corrected chi connectivity index (χ0v) is 17.5. The molecule has 3 atom stereocenters. The van der Waals surface area contributed by atoms with Crippen molar-refractivity contribution in [1.29, 1.82) is 0 Å². The van der Waals surface area contributed by atoms with E-state index in [1.807, 2.05) is 18.2 Å². The first-order valence-electron chi connectivity index (χ1n) is 8.99. The summed E-state index contributed by atoms with van der Waals surface area (Å²) in [6.07, 6.45) is -0.835. The number of carbonyl (C=O) groups excluding carboxylic acids is 2. The minimum Gasteiger partial charge on any atom is -0.338 e. The predicted octanol–water partition coefficient (Wildman–Crippen LogP) is 1.88. The van der Waals surface area contributed by atoms with Gasteiger partial charge in [-0.25, -0.2) is 0 Å². The number of nitrogens with zero attached hydrogens (tertiary/aromatic N) is 1. The van der Waals surface area contributed by atoms with Crippen LogP contribution in [0.25, 0.3) is 0 Å². The van der Waals surface area contributed by atoms with Crippen molar-refractivity contribution in [3.63, 3.8) is 0 Å². The van der Waals surface area contributed by atoms with E-state index in [0.29, 0.717) is 10.8 Å². The average molecular weight is 450 g/mol. The Labute approximate surface area is 181 Å². The maximum absolute atomic E-state index is 12.6. The van der Waals surface area contributed by atoms with Crippen molar-refractivity contribution < 1.29 is 14.5 Å². The molecule has 0 aliphatic carbocycles. The number of nitrogens with two attached hydrogens (primary N) is 1. The summed E-state index contributed by atoms with van der Waals surface area (Å²) in [5.41, 5.74) is 6.77. The maximum atomic E-state index is 12.6. The molecule has 2 amide bonds. The summed E-state index contributed by atoms with van der Waals surface area (Å²) in [4.78, 5) is 35.6. The summed E-state index contributed by atoms with van der Waals surface area (Å²) in [5.74, 6) is -0.463. The van der Waals surface area contributed by atoms with E-state index in [1.54, 1.807) is 6.07 Å². The van der Waals surface area contributed by atoms with Gasteiger partial charge in [0.15, 0.2) is 0 Å². The second-order valence-corrected chi connectivity index (χ2v) is 8.21. The molecular weight excluding hydrogens is 430 g/mol. The molecule has 0 spiro atoms. The van der Waals surface area contributed by atoms with Gasteiger partial charge in [0.2, 0.25) is 5.91 Å². The number of carbonyl (C=O) groups is 2. The first kappa shape index (κ1) is 22.0. The Bertz CT molecular complexity index is 989. The number of rotatable bonds is 6. The van der Waals surface area contributed by atoms with Gasteiger partial charge in [-0.2, -0.15) is 0 Å². The van der Waals surface area contributed by atoms with Gasteiger partial charge in [0.05, 0.1) is 11.1 Å². The van der Waals surface area contributed by atoms with Crippen LogP contribution in [0.15, 0.2) is 42.5 Å². The molecule has 0 saturated carbocycles. The van der Waals surface area contributed by atoms with Crippen LogP contribution in [0.3, 0.4) is 0 Å². The molecule has 3 rings (SSSR count). The lowest BCUT2D eigenvalue weighted by atomic mass is 10.0. The molecule has 1 fully saturated rings. The molecule has 1 heterocycles. The Morgan fingerprint density at radius 2 is 2.07 bits per heavy atom. The fraction of sp³-hybridized carbons (Fsp3) is 0.263. The molecule has 9 nitrogen and oxygen atoms in total. The topological polar surface area (TPSA) is 139 Å². The number of benzene rings is 2. The maximum Gasteiger partial charge on any atom is 0.273 e. The van der Waals surface area contributed by atoms with Crippen LogP contribution in [0.4, 0.5) is 5.69 Å². The minimum atomic E-state index is -1.03. The number of thioether (sulfide) groups is 1. The molecule has 0 bridgehead atoms. The van der Waals surface area contributed by atoms with E-state index in [9.17, 15) is 19.7 Å². The van der Waals surface area contributed by atoms with Crippen molar-refractivity contribution in [2.24, 2.45) is 5.73 Å². The highest BCUT2D eigenvalue weighted by Gasteiger charge is 2.35. The van der Waals surface area contributed by atoms with Gasteiger partial charge in [-0.3, -0.25) is 25.0 Å². The summed E-state index contributed by atoms with van der Waals surface area (Å²) in [7, 11) is 0. The number of nitro benzene ring substituents is 1. The van der Waals surface area contributed by atoms with E-state index in [4.69, 9.17) is 17.3 Å². The molecule has 30 heavy (non-hydrogen) atoms. The smallest absolute Gasteiger partial charge is 0.273 e. The summed E-state index contributed by atoms with van der Waals surface area (Å²) in [6, 6.07) is 10.6. The zero-order chi connectivity index (χ0) is 21.8. The predicted molar refractivity (Wildman–Crippen MR) is 115 cm³/mol. The third-order valence-electron chi connectivity index (χ3n) is 4.60. The Morgan fingerprint density at radius 3 is 2.73 bits per heavy atom. The molecule has 1 aliphatic heterocycles. The molecule has 1 aliphatic rings. The summed E-state index contributed by atoms with van der Waals surface area (Å²) < 4.78 is 0. The lowest BCUT2D eigenvalue weighted by molar-refractivity contribution is -0.385. The van der Waals surface area contributed by atoms with Gasteiger partial charge in [-0.1, -0.05) is 29.8 Å². The van der Waals surface area contributed by atoms with Gasteiger partial charge >= 0.3 is 0 Å². The van der Waals surface area contributed by atoms with Crippen LogP contribution in [0.1, 0.15) is 21.5 Å². The van der Waals surface area contributed by atoms with Crippen LogP contribution in [-0.4, -0.2) is 34.4 Å². The average Bonchev–Trinajstić information content (AvgIpc) is 2.69. The molecule has 158 valence electrons. The van der Waals surface area contributed by atoms with Gasteiger partial charge in [0.25, 0.3) is 11.6 Å². The van der Waals surface area contributed by atoms with E-state index in [2.05, 4.69) is 16.0 Å². The van der Waals surface area contributed by atoms with Gasteiger partial charge in [-0.05, 0) is 30.7 Å². The van der Waals surface area contributed by atoms with Crippen molar-refractivity contribution in [1.82, 2.24) is 16.0 Å². The third-order valence-corrected chi connectivity index (χ3v) is 5.92. The molecule has 2 aromatic carbocycles. The fourth-order valence-corrected chi connectivity index (χ4v) is 4.24. The number of hydrogen-bond acceptors (Lipinski definition) is 7.